The molecule has 0 heterocycles. The van der Waals surface area contributed by atoms with E-state index in [9.17, 15) is 9.50 Å². The van der Waals surface area contributed by atoms with Crippen molar-refractivity contribution in [1.82, 2.24) is 0 Å². The van der Waals surface area contributed by atoms with Gasteiger partial charge >= 0.3 is 0 Å². The number of aliphatic hydroxyl groups is 1. The maximum Gasteiger partial charge on any atom is 0.161 e. The Bertz CT molecular complexity index is 658. The molecule has 1 atom stereocenters. The molecule has 2 rings (SSSR count). The molecule has 0 aliphatic rings. The number of aliphatic hydroxyl groups excluding tert-OH is 1. The molecule has 21 heavy (non-hydrogen) atoms. The number of ether oxygens (including phenoxy) is 2. The third-order valence-corrected chi connectivity index (χ3v) is 3.63. The first kappa shape index (κ1) is 15.6. The molecular formula is C16H16ClFO3. The molecule has 0 aliphatic heterocycles. The van der Waals surface area contributed by atoms with Crippen LogP contribution >= 0.6 is 11.6 Å². The summed E-state index contributed by atoms with van der Waals surface area (Å²) in [7, 11) is 3.04. The first-order valence-electron chi connectivity index (χ1n) is 6.34. The summed E-state index contributed by atoms with van der Waals surface area (Å²) in [5, 5.41) is 10.4. The number of benzene rings is 2. The molecule has 0 saturated heterocycles. The van der Waals surface area contributed by atoms with Crippen molar-refractivity contribution < 1.29 is 19.0 Å². The Morgan fingerprint density at radius 3 is 2.33 bits per heavy atom. The summed E-state index contributed by atoms with van der Waals surface area (Å²) in [6, 6.07) is 7.91. The lowest BCUT2D eigenvalue weighted by atomic mass is 9.96. The second-order valence-electron chi connectivity index (χ2n) is 4.61. The molecule has 1 unspecified atom stereocenters. The van der Waals surface area contributed by atoms with Crippen LogP contribution in [0.2, 0.25) is 5.02 Å². The van der Waals surface area contributed by atoms with E-state index < -0.39 is 11.9 Å². The van der Waals surface area contributed by atoms with Gasteiger partial charge in [-0.3, -0.25) is 0 Å². The van der Waals surface area contributed by atoms with Gasteiger partial charge in [-0.2, -0.15) is 0 Å². The molecule has 112 valence electrons. The topological polar surface area (TPSA) is 38.7 Å². The zero-order chi connectivity index (χ0) is 15.6. The van der Waals surface area contributed by atoms with E-state index in [4.69, 9.17) is 21.1 Å². The predicted molar refractivity (Wildman–Crippen MR) is 79.8 cm³/mol. The molecule has 0 radical (unpaired) electrons. The van der Waals surface area contributed by atoms with Crippen molar-refractivity contribution in [2.45, 2.75) is 13.0 Å². The number of halogens is 2. The predicted octanol–water partition coefficient (Wildman–Crippen LogP) is 3.89. The van der Waals surface area contributed by atoms with Gasteiger partial charge in [0.15, 0.2) is 11.5 Å². The Kier molecular flexibility index (Phi) is 4.70. The van der Waals surface area contributed by atoms with Crippen LogP contribution in [0.5, 0.6) is 11.5 Å². The largest absolute Gasteiger partial charge is 0.493 e. The van der Waals surface area contributed by atoms with Crippen LogP contribution in [0.15, 0.2) is 30.3 Å². The van der Waals surface area contributed by atoms with Gasteiger partial charge in [0.2, 0.25) is 0 Å². The zero-order valence-electron chi connectivity index (χ0n) is 12.0. The number of methoxy groups -OCH3 is 2. The van der Waals surface area contributed by atoms with E-state index in [2.05, 4.69) is 0 Å². The highest BCUT2D eigenvalue weighted by Crippen LogP contribution is 2.36. The van der Waals surface area contributed by atoms with Crippen LogP contribution in [0.3, 0.4) is 0 Å². The van der Waals surface area contributed by atoms with Gasteiger partial charge in [-0.1, -0.05) is 23.7 Å². The molecule has 0 saturated carbocycles. The molecule has 0 aliphatic carbocycles. The first-order chi connectivity index (χ1) is 9.99. The monoisotopic (exact) mass is 310 g/mol. The standard InChI is InChI=1S/C16H16ClFO3/c1-9-7-13(20-2)14(21-3)8-11(9)16(19)10-5-4-6-12(17)15(10)18/h4-8,16,19H,1-3H3. The van der Waals surface area contributed by atoms with Gasteiger partial charge in [0.25, 0.3) is 0 Å². The maximum atomic E-state index is 14.0. The number of hydrogen-bond donors (Lipinski definition) is 1. The fraction of sp³-hybridized carbons (Fsp3) is 0.250. The average molecular weight is 311 g/mol. The summed E-state index contributed by atoms with van der Waals surface area (Å²) in [6.07, 6.45) is -1.14. The lowest BCUT2D eigenvalue weighted by molar-refractivity contribution is 0.213. The number of hydrogen-bond acceptors (Lipinski definition) is 3. The molecule has 3 nitrogen and oxygen atoms in total. The van der Waals surface area contributed by atoms with Gasteiger partial charge in [0.05, 0.1) is 19.2 Å². The SMILES string of the molecule is COc1cc(C)c(C(O)c2cccc(Cl)c2F)cc1OC. The highest BCUT2D eigenvalue weighted by Gasteiger charge is 2.20. The minimum Gasteiger partial charge on any atom is -0.493 e. The molecular weight excluding hydrogens is 295 g/mol. The van der Waals surface area contributed by atoms with Crippen LogP contribution in [0, 0.1) is 12.7 Å². The van der Waals surface area contributed by atoms with Gasteiger partial charge in [0.1, 0.15) is 11.9 Å². The summed E-state index contributed by atoms with van der Waals surface area (Å²) in [5.41, 5.74) is 1.42. The van der Waals surface area contributed by atoms with Crippen LogP contribution in [-0.4, -0.2) is 19.3 Å². The van der Waals surface area contributed by atoms with Gasteiger partial charge in [0, 0.05) is 5.56 Å². The van der Waals surface area contributed by atoms with E-state index in [1.807, 2.05) is 6.92 Å². The minimum atomic E-state index is -1.14. The van der Waals surface area contributed by atoms with Crippen molar-refractivity contribution in [1.29, 1.82) is 0 Å². The van der Waals surface area contributed by atoms with Crippen molar-refractivity contribution in [3.63, 3.8) is 0 Å². The molecule has 2 aromatic rings. The van der Waals surface area contributed by atoms with Gasteiger partial charge in [-0.25, -0.2) is 4.39 Å². The third-order valence-electron chi connectivity index (χ3n) is 3.34. The number of aryl methyl sites for hydroxylation is 1. The third kappa shape index (κ3) is 2.96. The van der Waals surface area contributed by atoms with E-state index >= 15 is 0 Å². The summed E-state index contributed by atoms with van der Waals surface area (Å²) in [6.45, 7) is 1.81. The van der Waals surface area contributed by atoms with E-state index in [1.54, 1.807) is 18.2 Å². The Balaban J connectivity index is 2.53. The van der Waals surface area contributed by atoms with Crippen molar-refractivity contribution in [2.75, 3.05) is 14.2 Å². The van der Waals surface area contributed by atoms with Crippen LogP contribution < -0.4 is 9.47 Å². The molecule has 2 aromatic carbocycles. The van der Waals surface area contributed by atoms with Gasteiger partial charge < -0.3 is 14.6 Å². The quantitative estimate of drug-likeness (QED) is 0.931. The average Bonchev–Trinajstić information content (AvgIpc) is 2.49. The minimum absolute atomic E-state index is 0.0234. The van der Waals surface area contributed by atoms with Gasteiger partial charge in [-0.15, -0.1) is 0 Å². The Labute approximate surface area is 127 Å². The Morgan fingerprint density at radius 1 is 1.10 bits per heavy atom. The summed E-state index contributed by atoms with van der Waals surface area (Å²) < 4.78 is 24.5. The smallest absolute Gasteiger partial charge is 0.161 e. The fourth-order valence-corrected chi connectivity index (χ4v) is 2.37. The summed E-state index contributed by atoms with van der Waals surface area (Å²) in [4.78, 5) is 0. The van der Waals surface area contributed by atoms with Crippen molar-refractivity contribution >= 4 is 11.6 Å². The Morgan fingerprint density at radius 2 is 1.71 bits per heavy atom. The van der Waals surface area contributed by atoms with Gasteiger partial charge in [-0.05, 0) is 36.2 Å². The van der Waals surface area contributed by atoms with Crippen molar-refractivity contribution in [2.24, 2.45) is 0 Å². The lowest BCUT2D eigenvalue weighted by Crippen LogP contribution is -2.06. The van der Waals surface area contributed by atoms with E-state index in [0.717, 1.165) is 5.56 Å². The highest BCUT2D eigenvalue weighted by atomic mass is 35.5. The molecule has 0 bridgehead atoms. The fourth-order valence-electron chi connectivity index (χ4n) is 2.19. The second-order valence-corrected chi connectivity index (χ2v) is 5.02. The normalized spacial score (nSPS) is 12.1. The molecule has 0 amide bonds. The van der Waals surface area contributed by atoms with Crippen molar-refractivity contribution in [3.05, 3.63) is 57.9 Å². The summed E-state index contributed by atoms with van der Waals surface area (Å²) >= 11 is 5.76. The van der Waals surface area contributed by atoms with Crippen molar-refractivity contribution in [3.8, 4) is 11.5 Å². The zero-order valence-corrected chi connectivity index (χ0v) is 12.7. The van der Waals surface area contributed by atoms with E-state index in [-0.39, 0.29) is 10.6 Å². The first-order valence-corrected chi connectivity index (χ1v) is 6.71. The molecule has 0 fully saturated rings. The maximum absolute atomic E-state index is 14.0. The molecule has 0 spiro atoms. The Hall–Kier alpha value is -1.78. The molecule has 5 heteroatoms. The lowest BCUT2D eigenvalue weighted by Gasteiger charge is -2.18. The van der Waals surface area contributed by atoms with Crippen LogP contribution in [0.4, 0.5) is 4.39 Å². The van der Waals surface area contributed by atoms with E-state index in [0.29, 0.717) is 17.1 Å². The summed E-state index contributed by atoms with van der Waals surface area (Å²) in [5.74, 6) is 0.401. The van der Waals surface area contributed by atoms with Crippen LogP contribution in [0.1, 0.15) is 22.8 Å². The van der Waals surface area contributed by atoms with Crippen LogP contribution in [0.25, 0.3) is 0 Å². The molecule has 0 aromatic heterocycles. The molecule has 1 N–H and O–H groups in total. The van der Waals surface area contributed by atoms with Crippen LogP contribution in [-0.2, 0) is 0 Å². The number of rotatable bonds is 4. The van der Waals surface area contributed by atoms with E-state index in [1.165, 1.54) is 26.4 Å². The highest BCUT2D eigenvalue weighted by molar-refractivity contribution is 6.30. The second kappa shape index (κ2) is 6.33.